The van der Waals surface area contributed by atoms with Crippen molar-refractivity contribution in [2.24, 2.45) is 0 Å². The first kappa shape index (κ1) is 17.5. The van der Waals surface area contributed by atoms with E-state index in [9.17, 15) is 29.7 Å². The zero-order chi connectivity index (χ0) is 17.0. The van der Waals surface area contributed by atoms with Crippen LogP contribution in [-0.2, 0) is 11.0 Å². The molecular weight excluding hydrogens is 319 g/mol. The summed E-state index contributed by atoms with van der Waals surface area (Å²) in [5.74, 6) is -0.164. The molecule has 2 aromatic rings. The highest BCUT2D eigenvalue weighted by molar-refractivity contribution is 7.60. The SMILES string of the molecule is O=P(O)(O)c1ccc(O)cc1CC(CCO)c1ccc(O)cc1. The Morgan fingerprint density at radius 2 is 1.57 bits per heavy atom. The molecule has 1 unspecified atom stereocenters. The molecule has 0 aliphatic carbocycles. The lowest BCUT2D eigenvalue weighted by atomic mass is 9.89. The van der Waals surface area contributed by atoms with E-state index in [0.717, 1.165) is 5.56 Å². The predicted molar refractivity (Wildman–Crippen MR) is 86.0 cm³/mol. The third-order valence-electron chi connectivity index (χ3n) is 3.69. The molecule has 0 heterocycles. The van der Waals surface area contributed by atoms with Gasteiger partial charge in [0, 0.05) is 6.61 Å². The lowest BCUT2D eigenvalue weighted by Crippen LogP contribution is -2.15. The van der Waals surface area contributed by atoms with E-state index in [1.165, 1.54) is 30.3 Å². The fraction of sp³-hybridized carbons (Fsp3) is 0.250. The first-order valence-corrected chi connectivity index (χ1v) is 8.70. The molecule has 0 bridgehead atoms. The van der Waals surface area contributed by atoms with Crippen LogP contribution in [0.3, 0.4) is 0 Å². The van der Waals surface area contributed by atoms with E-state index >= 15 is 0 Å². The average molecular weight is 338 g/mol. The Bertz CT molecular complexity index is 707. The summed E-state index contributed by atoms with van der Waals surface area (Å²) in [4.78, 5) is 18.9. The molecule has 0 amide bonds. The molecule has 2 rings (SSSR count). The Hall–Kier alpha value is -1.85. The monoisotopic (exact) mass is 338 g/mol. The van der Waals surface area contributed by atoms with Gasteiger partial charge in [-0.1, -0.05) is 12.1 Å². The highest BCUT2D eigenvalue weighted by Gasteiger charge is 2.24. The molecule has 6 nitrogen and oxygen atoms in total. The summed E-state index contributed by atoms with van der Waals surface area (Å²) >= 11 is 0. The average Bonchev–Trinajstić information content (AvgIpc) is 2.46. The normalized spacial score (nSPS) is 13.0. The first-order valence-electron chi connectivity index (χ1n) is 7.09. The Morgan fingerprint density at radius 3 is 2.13 bits per heavy atom. The molecule has 0 aromatic heterocycles. The number of rotatable bonds is 6. The van der Waals surface area contributed by atoms with Gasteiger partial charge in [0.1, 0.15) is 11.5 Å². The highest BCUT2D eigenvalue weighted by atomic mass is 31.2. The molecule has 0 fully saturated rings. The molecule has 5 N–H and O–H groups in total. The van der Waals surface area contributed by atoms with Crippen molar-refractivity contribution in [3.05, 3.63) is 53.6 Å². The second-order valence-electron chi connectivity index (χ2n) is 5.36. The molecule has 0 saturated heterocycles. The summed E-state index contributed by atoms with van der Waals surface area (Å²) in [6, 6.07) is 10.2. The summed E-state index contributed by atoms with van der Waals surface area (Å²) in [6.45, 7) is -0.0877. The molecule has 0 aliphatic heterocycles. The lowest BCUT2D eigenvalue weighted by molar-refractivity contribution is 0.275. The number of phenolic OH excluding ortho intramolecular Hbond substituents is 2. The fourth-order valence-electron chi connectivity index (χ4n) is 2.57. The number of aliphatic hydroxyl groups excluding tert-OH is 1. The number of aliphatic hydroxyl groups is 1. The van der Waals surface area contributed by atoms with Crippen LogP contribution in [0.4, 0.5) is 0 Å². The quantitative estimate of drug-likeness (QED) is 0.511. The third-order valence-corrected chi connectivity index (χ3v) is 4.75. The Labute approximate surface area is 133 Å². The van der Waals surface area contributed by atoms with Gasteiger partial charge in [0.2, 0.25) is 0 Å². The van der Waals surface area contributed by atoms with Crippen LogP contribution in [0.25, 0.3) is 0 Å². The third kappa shape index (κ3) is 4.56. The maximum Gasteiger partial charge on any atom is 0.356 e. The van der Waals surface area contributed by atoms with Crippen LogP contribution in [-0.4, -0.2) is 31.7 Å². The van der Waals surface area contributed by atoms with Crippen LogP contribution in [0.5, 0.6) is 11.5 Å². The van der Waals surface area contributed by atoms with Crippen molar-refractivity contribution >= 4 is 12.9 Å². The smallest absolute Gasteiger partial charge is 0.356 e. The van der Waals surface area contributed by atoms with E-state index in [1.807, 2.05) is 0 Å². The maximum atomic E-state index is 11.6. The van der Waals surface area contributed by atoms with E-state index in [-0.39, 0.29) is 35.7 Å². The minimum absolute atomic E-state index is 0.0781. The van der Waals surface area contributed by atoms with Crippen LogP contribution < -0.4 is 5.30 Å². The number of aromatic hydroxyl groups is 2. The van der Waals surface area contributed by atoms with Crippen molar-refractivity contribution in [1.29, 1.82) is 0 Å². The number of phenols is 2. The topological polar surface area (TPSA) is 118 Å². The van der Waals surface area contributed by atoms with Gasteiger partial charge in [-0.15, -0.1) is 0 Å². The van der Waals surface area contributed by atoms with Crippen molar-refractivity contribution in [1.82, 2.24) is 0 Å². The summed E-state index contributed by atoms with van der Waals surface area (Å²) in [5, 5.41) is 28.1. The molecule has 1 atom stereocenters. The van der Waals surface area contributed by atoms with Crippen LogP contribution in [0, 0.1) is 0 Å². The second kappa shape index (κ2) is 7.15. The molecule has 0 saturated carbocycles. The summed E-state index contributed by atoms with van der Waals surface area (Å²) in [6.07, 6.45) is 0.640. The number of hydrogen-bond donors (Lipinski definition) is 5. The molecule has 2 aromatic carbocycles. The van der Waals surface area contributed by atoms with Gasteiger partial charge in [0.25, 0.3) is 0 Å². The van der Waals surface area contributed by atoms with Crippen molar-refractivity contribution < 1.29 is 29.7 Å². The molecule has 0 spiro atoms. The standard InChI is InChI=1S/C16H19O6P/c17-8-7-12(11-1-3-14(18)4-2-11)9-13-10-15(19)5-6-16(13)23(20,21)22/h1-6,10,12,17-19H,7-9H2,(H2,20,21,22). The molecule has 124 valence electrons. The van der Waals surface area contributed by atoms with Crippen LogP contribution >= 0.6 is 7.60 Å². The predicted octanol–water partition coefficient (Wildman–Crippen LogP) is 1.61. The number of hydrogen-bond acceptors (Lipinski definition) is 4. The van der Waals surface area contributed by atoms with Crippen molar-refractivity contribution in [3.8, 4) is 11.5 Å². The van der Waals surface area contributed by atoms with Gasteiger partial charge >= 0.3 is 7.60 Å². The van der Waals surface area contributed by atoms with Gasteiger partial charge in [0.15, 0.2) is 0 Å². The summed E-state index contributed by atoms with van der Waals surface area (Å²) in [7, 11) is -4.46. The minimum Gasteiger partial charge on any atom is -0.508 e. The molecule has 0 radical (unpaired) electrons. The van der Waals surface area contributed by atoms with Gasteiger partial charge in [-0.05, 0) is 60.2 Å². The summed E-state index contributed by atoms with van der Waals surface area (Å²) < 4.78 is 11.6. The largest absolute Gasteiger partial charge is 0.508 e. The van der Waals surface area contributed by atoms with E-state index in [4.69, 9.17) is 0 Å². The lowest BCUT2D eigenvalue weighted by Gasteiger charge is -2.19. The van der Waals surface area contributed by atoms with Gasteiger partial charge < -0.3 is 25.1 Å². The maximum absolute atomic E-state index is 11.6. The zero-order valence-electron chi connectivity index (χ0n) is 12.3. The Kier molecular flexibility index (Phi) is 5.44. The van der Waals surface area contributed by atoms with E-state index in [1.54, 1.807) is 12.1 Å². The Balaban J connectivity index is 2.39. The second-order valence-corrected chi connectivity index (χ2v) is 6.93. The van der Waals surface area contributed by atoms with Crippen molar-refractivity contribution in [2.45, 2.75) is 18.8 Å². The zero-order valence-corrected chi connectivity index (χ0v) is 13.2. The van der Waals surface area contributed by atoms with Gasteiger partial charge in [0.05, 0.1) is 5.30 Å². The van der Waals surface area contributed by atoms with Crippen LogP contribution in [0.1, 0.15) is 23.5 Å². The van der Waals surface area contributed by atoms with Crippen LogP contribution in [0.2, 0.25) is 0 Å². The van der Waals surface area contributed by atoms with Crippen molar-refractivity contribution in [2.75, 3.05) is 6.61 Å². The molecule has 0 aliphatic rings. The first-order chi connectivity index (χ1) is 10.8. The van der Waals surface area contributed by atoms with Gasteiger partial charge in [-0.25, -0.2) is 0 Å². The van der Waals surface area contributed by atoms with Crippen LogP contribution in [0.15, 0.2) is 42.5 Å². The van der Waals surface area contributed by atoms with E-state index in [2.05, 4.69) is 0 Å². The molecular formula is C16H19O6P. The van der Waals surface area contributed by atoms with E-state index < -0.39 is 7.60 Å². The van der Waals surface area contributed by atoms with Gasteiger partial charge in [-0.2, -0.15) is 0 Å². The highest BCUT2D eigenvalue weighted by Crippen LogP contribution is 2.37. The fourth-order valence-corrected chi connectivity index (χ4v) is 3.37. The minimum atomic E-state index is -4.46. The summed E-state index contributed by atoms with van der Waals surface area (Å²) in [5.41, 5.74) is 1.17. The molecule has 23 heavy (non-hydrogen) atoms. The Morgan fingerprint density at radius 1 is 0.957 bits per heavy atom. The number of benzene rings is 2. The van der Waals surface area contributed by atoms with Gasteiger partial charge in [-0.3, -0.25) is 4.57 Å². The van der Waals surface area contributed by atoms with Crippen molar-refractivity contribution in [3.63, 3.8) is 0 Å². The molecule has 7 heteroatoms. The van der Waals surface area contributed by atoms with E-state index in [0.29, 0.717) is 12.0 Å².